The van der Waals surface area contributed by atoms with Crippen LogP contribution in [0, 0.1) is 35.5 Å². The molecule has 0 N–H and O–H groups in total. The van der Waals surface area contributed by atoms with E-state index in [1.165, 1.54) is 25.7 Å². The van der Waals surface area contributed by atoms with E-state index in [9.17, 15) is 0 Å². The zero-order chi connectivity index (χ0) is 11.8. The summed E-state index contributed by atoms with van der Waals surface area (Å²) in [5.74, 6) is 6.30. The van der Waals surface area contributed by atoms with Crippen molar-refractivity contribution in [2.75, 3.05) is 0 Å². The SMILES string of the molecule is C=CC1CC2CC3CC(CCC)CC3CC2C1. The topological polar surface area (TPSA) is 0 Å². The van der Waals surface area contributed by atoms with E-state index >= 15 is 0 Å². The Morgan fingerprint density at radius 2 is 1.41 bits per heavy atom. The number of hydrogen-bond acceptors (Lipinski definition) is 0. The summed E-state index contributed by atoms with van der Waals surface area (Å²) in [6, 6.07) is 0. The van der Waals surface area contributed by atoms with E-state index < -0.39 is 0 Å². The van der Waals surface area contributed by atoms with Gasteiger partial charge >= 0.3 is 0 Å². The highest BCUT2D eigenvalue weighted by molar-refractivity contribution is 4.99. The Labute approximate surface area is 107 Å². The summed E-state index contributed by atoms with van der Waals surface area (Å²) in [4.78, 5) is 0. The van der Waals surface area contributed by atoms with Crippen LogP contribution in [0.1, 0.15) is 58.3 Å². The lowest BCUT2D eigenvalue weighted by molar-refractivity contribution is 0.157. The molecule has 17 heavy (non-hydrogen) atoms. The van der Waals surface area contributed by atoms with Crippen LogP contribution in [0.25, 0.3) is 0 Å². The summed E-state index contributed by atoms with van der Waals surface area (Å²) in [7, 11) is 0. The van der Waals surface area contributed by atoms with Crippen molar-refractivity contribution in [2.45, 2.75) is 58.3 Å². The maximum atomic E-state index is 4.01. The van der Waals surface area contributed by atoms with Crippen molar-refractivity contribution in [1.29, 1.82) is 0 Å². The first kappa shape index (κ1) is 11.8. The van der Waals surface area contributed by atoms with Gasteiger partial charge in [0.1, 0.15) is 0 Å². The molecule has 4 atom stereocenters. The standard InChI is InChI=1S/C17H28/c1-3-5-13-8-16-10-14-6-12(4-2)7-15(14)11-17(16)9-13/h4,12-17H,2-3,5-11H2,1H3. The smallest absolute Gasteiger partial charge is 0.0231 e. The highest BCUT2D eigenvalue weighted by Crippen LogP contribution is 2.55. The van der Waals surface area contributed by atoms with Gasteiger partial charge in [-0.1, -0.05) is 25.8 Å². The Morgan fingerprint density at radius 3 is 1.88 bits per heavy atom. The molecule has 3 aliphatic carbocycles. The predicted octanol–water partition coefficient (Wildman–Crippen LogP) is 5.05. The molecule has 0 heterocycles. The van der Waals surface area contributed by atoms with Crippen LogP contribution in [0.4, 0.5) is 0 Å². The summed E-state index contributed by atoms with van der Waals surface area (Å²) >= 11 is 0. The zero-order valence-electron chi connectivity index (χ0n) is 11.4. The molecule has 0 aromatic rings. The van der Waals surface area contributed by atoms with Gasteiger partial charge in [0, 0.05) is 0 Å². The van der Waals surface area contributed by atoms with Gasteiger partial charge in [0.15, 0.2) is 0 Å². The average Bonchev–Trinajstić information content (AvgIpc) is 2.87. The summed E-state index contributed by atoms with van der Waals surface area (Å²) in [5.41, 5.74) is 0. The number of rotatable bonds is 3. The molecule has 3 aliphatic rings. The van der Waals surface area contributed by atoms with E-state index in [0.717, 1.165) is 35.5 Å². The summed E-state index contributed by atoms with van der Waals surface area (Å²) in [5, 5.41) is 0. The molecule has 3 fully saturated rings. The van der Waals surface area contributed by atoms with Crippen LogP contribution in [0.15, 0.2) is 12.7 Å². The van der Waals surface area contributed by atoms with Crippen LogP contribution in [0.3, 0.4) is 0 Å². The number of hydrogen-bond donors (Lipinski definition) is 0. The Morgan fingerprint density at radius 1 is 0.882 bits per heavy atom. The second kappa shape index (κ2) is 4.78. The fourth-order valence-electron chi connectivity index (χ4n) is 5.37. The molecule has 0 spiro atoms. The maximum absolute atomic E-state index is 4.01. The molecule has 0 heteroatoms. The van der Waals surface area contributed by atoms with E-state index in [0.29, 0.717) is 0 Å². The van der Waals surface area contributed by atoms with Crippen molar-refractivity contribution >= 4 is 0 Å². The van der Waals surface area contributed by atoms with Gasteiger partial charge in [-0.25, -0.2) is 0 Å². The monoisotopic (exact) mass is 232 g/mol. The van der Waals surface area contributed by atoms with E-state index in [-0.39, 0.29) is 0 Å². The molecule has 3 rings (SSSR count). The lowest BCUT2D eigenvalue weighted by Gasteiger charge is -2.34. The quantitative estimate of drug-likeness (QED) is 0.597. The van der Waals surface area contributed by atoms with Crippen molar-refractivity contribution in [3.63, 3.8) is 0 Å². The summed E-state index contributed by atoms with van der Waals surface area (Å²) in [6.45, 7) is 6.36. The highest BCUT2D eigenvalue weighted by atomic mass is 14.5. The minimum atomic E-state index is 0.857. The van der Waals surface area contributed by atoms with Gasteiger partial charge in [-0.15, -0.1) is 6.58 Å². The molecule has 0 radical (unpaired) electrons. The molecular weight excluding hydrogens is 204 g/mol. The summed E-state index contributed by atoms with van der Waals surface area (Å²) in [6.07, 6.45) is 14.3. The zero-order valence-corrected chi connectivity index (χ0v) is 11.4. The summed E-state index contributed by atoms with van der Waals surface area (Å²) < 4.78 is 0. The van der Waals surface area contributed by atoms with Crippen LogP contribution < -0.4 is 0 Å². The molecule has 96 valence electrons. The predicted molar refractivity (Wildman–Crippen MR) is 73.7 cm³/mol. The number of fused-ring (bicyclic) bond motifs is 2. The van der Waals surface area contributed by atoms with Gasteiger partial charge in [-0.05, 0) is 74.0 Å². The van der Waals surface area contributed by atoms with Gasteiger partial charge in [-0.2, -0.15) is 0 Å². The third-order valence-electron chi connectivity index (χ3n) is 6.06. The minimum Gasteiger partial charge on any atom is -0.103 e. The van der Waals surface area contributed by atoms with Crippen LogP contribution in [-0.4, -0.2) is 0 Å². The van der Waals surface area contributed by atoms with Gasteiger partial charge in [-0.3, -0.25) is 0 Å². The second-order valence-electron chi connectivity index (χ2n) is 7.11. The molecular formula is C17H28. The van der Waals surface area contributed by atoms with Crippen molar-refractivity contribution < 1.29 is 0 Å². The van der Waals surface area contributed by atoms with E-state index in [1.807, 2.05) is 0 Å². The van der Waals surface area contributed by atoms with Crippen LogP contribution in [0.5, 0.6) is 0 Å². The molecule has 0 aromatic heterocycles. The first-order valence-corrected chi connectivity index (χ1v) is 7.92. The molecule has 0 amide bonds. The van der Waals surface area contributed by atoms with Crippen molar-refractivity contribution in [1.82, 2.24) is 0 Å². The first-order chi connectivity index (χ1) is 8.30. The van der Waals surface area contributed by atoms with E-state index in [4.69, 9.17) is 0 Å². The fraction of sp³-hybridized carbons (Fsp3) is 0.882. The van der Waals surface area contributed by atoms with Gasteiger partial charge < -0.3 is 0 Å². The Bertz CT molecular complexity index is 258. The molecule has 0 nitrogen and oxygen atoms in total. The lowest BCUT2D eigenvalue weighted by Crippen LogP contribution is -2.25. The number of allylic oxidation sites excluding steroid dienone is 1. The van der Waals surface area contributed by atoms with Crippen molar-refractivity contribution in [3.8, 4) is 0 Å². The third-order valence-corrected chi connectivity index (χ3v) is 6.06. The normalized spacial score (nSPS) is 48.8. The minimum absolute atomic E-state index is 0.857. The van der Waals surface area contributed by atoms with Gasteiger partial charge in [0.2, 0.25) is 0 Å². The lowest BCUT2D eigenvalue weighted by atomic mass is 9.71. The Hall–Kier alpha value is -0.260. The van der Waals surface area contributed by atoms with Crippen molar-refractivity contribution in [2.24, 2.45) is 35.5 Å². The molecule has 0 saturated heterocycles. The fourth-order valence-corrected chi connectivity index (χ4v) is 5.37. The highest BCUT2D eigenvalue weighted by Gasteiger charge is 2.45. The van der Waals surface area contributed by atoms with Crippen LogP contribution in [0.2, 0.25) is 0 Å². The first-order valence-electron chi connectivity index (χ1n) is 7.92. The molecule has 0 aromatic carbocycles. The van der Waals surface area contributed by atoms with Gasteiger partial charge in [0.05, 0.1) is 0 Å². The molecule has 0 aliphatic heterocycles. The maximum Gasteiger partial charge on any atom is -0.0231 e. The largest absolute Gasteiger partial charge is 0.103 e. The molecule has 4 unspecified atom stereocenters. The molecule has 3 saturated carbocycles. The van der Waals surface area contributed by atoms with Crippen LogP contribution >= 0.6 is 0 Å². The average molecular weight is 232 g/mol. The second-order valence-corrected chi connectivity index (χ2v) is 7.11. The van der Waals surface area contributed by atoms with Crippen molar-refractivity contribution in [3.05, 3.63) is 12.7 Å². The van der Waals surface area contributed by atoms with E-state index in [2.05, 4.69) is 19.6 Å². The van der Waals surface area contributed by atoms with Crippen LogP contribution in [-0.2, 0) is 0 Å². The third kappa shape index (κ3) is 2.20. The Kier molecular flexibility index (Phi) is 3.32. The van der Waals surface area contributed by atoms with E-state index in [1.54, 1.807) is 25.7 Å². The van der Waals surface area contributed by atoms with Gasteiger partial charge in [0.25, 0.3) is 0 Å². The molecule has 0 bridgehead atoms. The Balaban J connectivity index is 1.61.